The third kappa shape index (κ3) is 3.31. The number of anilines is 1. The molecule has 1 heterocycles. The molecule has 3 nitrogen and oxygen atoms in total. The van der Waals surface area contributed by atoms with Crippen molar-refractivity contribution in [1.29, 1.82) is 0 Å². The SMILES string of the molecule is CC/C(=N\Nc1ccccn1)c1ccc(Cl)cc1. The lowest BCUT2D eigenvalue weighted by atomic mass is 10.1. The molecule has 0 bridgehead atoms. The van der Waals surface area contributed by atoms with Crippen molar-refractivity contribution >= 4 is 23.1 Å². The third-order valence-electron chi connectivity index (χ3n) is 2.48. The Kier molecular flexibility index (Phi) is 4.31. The topological polar surface area (TPSA) is 37.3 Å². The number of nitrogens with one attached hydrogen (secondary N) is 1. The van der Waals surface area contributed by atoms with Crippen molar-refractivity contribution in [2.45, 2.75) is 13.3 Å². The summed E-state index contributed by atoms with van der Waals surface area (Å²) in [4.78, 5) is 4.15. The number of nitrogens with zero attached hydrogens (tertiary/aromatic N) is 2. The van der Waals surface area contributed by atoms with Crippen LogP contribution in [0.1, 0.15) is 18.9 Å². The molecule has 0 atom stereocenters. The Hall–Kier alpha value is -1.87. The molecule has 0 fully saturated rings. The Bertz CT molecular complexity index is 520. The van der Waals surface area contributed by atoms with Crippen molar-refractivity contribution in [3.8, 4) is 0 Å². The van der Waals surface area contributed by atoms with Crippen molar-refractivity contribution in [1.82, 2.24) is 4.98 Å². The van der Waals surface area contributed by atoms with Crippen molar-refractivity contribution in [2.75, 3.05) is 5.43 Å². The number of benzene rings is 1. The van der Waals surface area contributed by atoms with Gasteiger partial charge in [0, 0.05) is 11.2 Å². The Labute approximate surface area is 112 Å². The van der Waals surface area contributed by atoms with E-state index in [4.69, 9.17) is 11.6 Å². The predicted molar refractivity (Wildman–Crippen MR) is 76.1 cm³/mol. The molecule has 4 heteroatoms. The largest absolute Gasteiger partial charge is 0.261 e. The van der Waals surface area contributed by atoms with Gasteiger partial charge in [-0.25, -0.2) is 4.98 Å². The second kappa shape index (κ2) is 6.17. The first-order valence-electron chi connectivity index (χ1n) is 5.79. The van der Waals surface area contributed by atoms with Crippen molar-refractivity contribution in [3.05, 3.63) is 59.2 Å². The average Bonchev–Trinajstić information content (AvgIpc) is 2.42. The molecular weight excluding hydrogens is 246 g/mol. The van der Waals surface area contributed by atoms with Gasteiger partial charge < -0.3 is 0 Å². The van der Waals surface area contributed by atoms with Crippen LogP contribution in [-0.4, -0.2) is 10.7 Å². The van der Waals surface area contributed by atoms with Crippen molar-refractivity contribution in [3.63, 3.8) is 0 Å². The van der Waals surface area contributed by atoms with Crippen LogP contribution in [0.4, 0.5) is 5.82 Å². The molecule has 0 aliphatic carbocycles. The molecule has 1 aromatic carbocycles. The normalized spacial score (nSPS) is 11.3. The lowest BCUT2D eigenvalue weighted by Gasteiger charge is -2.05. The molecule has 0 spiro atoms. The highest BCUT2D eigenvalue weighted by Gasteiger charge is 2.01. The number of pyridine rings is 1. The van der Waals surface area contributed by atoms with Gasteiger partial charge in [-0.05, 0) is 36.2 Å². The first kappa shape index (κ1) is 12.6. The van der Waals surface area contributed by atoms with Crippen LogP contribution in [-0.2, 0) is 0 Å². The minimum absolute atomic E-state index is 0.729. The molecule has 1 N–H and O–H groups in total. The first-order valence-corrected chi connectivity index (χ1v) is 6.17. The number of rotatable bonds is 4. The lowest BCUT2D eigenvalue weighted by Crippen LogP contribution is -2.03. The zero-order valence-corrected chi connectivity index (χ0v) is 10.9. The van der Waals surface area contributed by atoms with Gasteiger partial charge in [0.25, 0.3) is 0 Å². The van der Waals surface area contributed by atoms with E-state index in [1.165, 1.54) is 0 Å². The maximum absolute atomic E-state index is 5.87. The fourth-order valence-electron chi connectivity index (χ4n) is 1.54. The van der Waals surface area contributed by atoms with Gasteiger partial charge in [-0.3, -0.25) is 5.43 Å². The average molecular weight is 260 g/mol. The Morgan fingerprint density at radius 3 is 2.61 bits per heavy atom. The van der Waals surface area contributed by atoms with E-state index < -0.39 is 0 Å². The number of hydrazone groups is 1. The summed E-state index contributed by atoms with van der Waals surface area (Å²) in [6, 6.07) is 13.3. The molecular formula is C14H14ClN3. The molecule has 92 valence electrons. The maximum atomic E-state index is 5.87. The molecule has 0 aliphatic rings. The summed E-state index contributed by atoms with van der Waals surface area (Å²) in [5.74, 6) is 0.734. The monoisotopic (exact) mass is 259 g/mol. The van der Waals surface area contributed by atoms with Crippen LogP contribution >= 0.6 is 11.6 Å². The van der Waals surface area contributed by atoms with E-state index in [-0.39, 0.29) is 0 Å². The van der Waals surface area contributed by atoms with Gasteiger partial charge in [0.15, 0.2) is 0 Å². The summed E-state index contributed by atoms with van der Waals surface area (Å²) in [6.45, 7) is 2.06. The van der Waals surface area contributed by atoms with Crippen LogP contribution in [0.15, 0.2) is 53.8 Å². The van der Waals surface area contributed by atoms with E-state index in [0.29, 0.717) is 0 Å². The molecule has 18 heavy (non-hydrogen) atoms. The molecule has 2 aromatic rings. The Morgan fingerprint density at radius 1 is 1.22 bits per heavy atom. The second-order valence-electron chi connectivity index (χ2n) is 3.75. The predicted octanol–water partition coefficient (Wildman–Crippen LogP) is 3.96. The van der Waals surface area contributed by atoms with Gasteiger partial charge in [-0.2, -0.15) is 5.10 Å². The number of aromatic nitrogens is 1. The van der Waals surface area contributed by atoms with Gasteiger partial charge in [0.05, 0.1) is 5.71 Å². The van der Waals surface area contributed by atoms with Gasteiger partial charge >= 0.3 is 0 Å². The highest BCUT2D eigenvalue weighted by molar-refractivity contribution is 6.30. The smallest absolute Gasteiger partial charge is 0.146 e. The molecule has 0 unspecified atom stereocenters. The maximum Gasteiger partial charge on any atom is 0.146 e. The highest BCUT2D eigenvalue weighted by atomic mass is 35.5. The summed E-state index contributed by atoms with van der Waals surface area (Å²) < 4.78 is 0. The minimum Gasteiger partial charge on any atom is -0.261 e. The van der Waals surface area contributed by atoms with E-state index in [0.717, 1.165) is 28.5 Å². The van der Waals surface area contributed by atoms with Crippen LogP contribution in [0.5, 0.6) is 0 Å². The minimum atomic E-state index is 0.729. The fraction of sp³-hybridized carbons (Fsp3) is 0.143. The van der Waals surface area contributed by atoms with Gasteiger partial charge in [-0.15, -0.1) is 0 Å². The standard InChI is InChI=1S/C14H14ClN3/c1-2-13(11-6-8-12(15)9-7-11)17-18-14-5-3-4-10-16-14/h3-10H,2H2,1H3,(H,16,18)/b17-13+. The zero-order valence-electron chi connectivity index (χ0n) is 10.1. The fourth-order valence-corrected chi connectivity index (χ4v) is 1.67. The molecule has 0 amide bonds. The molecule has 0 aliphatic heterocycles. The first-order chi connectivity index (χ1) is 8.79. The van der Waals surface area contributed by atoms with Crippen LogP contribution in [0, 0.1) is 0 Å². The van der Waals surface area contributed by atoms with Gasteiger partial charge in [0.2, 0.25) is 0 Å². The van der Waals surface area contributed by atoms with Crippen LogP contribution in [0.3, 0.4) is 0 Å². The van der Waals surface area contributed by atoms with E-state index in [1.54, 1.807) is 6.20 Å². The zero-order chi connectivity index (χ0) is 12.8. The summed E-state index contributed by atoms with van der Waals surface area (Å²) in [5.41, 5.74) is 4.98. The van der Waals surface area contributed by atoms with Crippen molar-refractivity contribution in [2.24, 2.45) is 5.10 Å². The quantitative estimate of drug-likeness (QED) is 0.667. The number of hydrogen-bond donors (Lipinski definition) is 1. The third-order valence-corrected chi connectivity index (χ3v) is 2.73. The lowest BCUT2D eigenvalue weighted by molar-refractivity contribution is 1.18. The van der Waals surface area contributed by atoms with Gasteiger partial charge in [0.1, 0.15) is 5.82 Å². The summed E-state index contributed by atoms with van der Waals surface area (Å²) in [7, 11) is 0. The van der Waals surface area contributed by atoms with Gasteiger partial charge in [-0.1, -0.05) is 36.7 Å². The van der Waals surface area contributed by atoms with E-state index in [2.05, 4.69) is 22.4 Å². The molecule has 1 aromatic heterocycles. The molecule has 2 rings (SSSR count). The number of hydrogen-bond acceptors (Lipinski definition) is 3. The van der Waals surface area contributed by atoms with E-state index in [9.17, 15) is 0 Å². The summed E-state index contributed by atoms with van der Waals surface area (Å²) in [6.07, 6.45) is 2.56. The highest BCUT2D eigenvalue weighted by Crippen LogP contribution is 2.12. The summed E-state index contributed by atoms with van der Waals surface area (Å²) in [5, 5.41) is 5.10. The van der Waals surface area contributed by atoms with E-state index >= 15 is 0 Å². The molecule has 0 saturated carbocycles. The molecule has 0 saturated heterocycles. The van der Waals surface area contributed by atoms with Crippen molar-refractivity contribution < 1.29 is 0 Å². The van der Waals surface area contributed by atoms with Crippen LogP contribution in [0.2, 0.25) is 5.02 Å². The Morgan fingerprint density at radius 2 is 2.00 bits per heavy atom. The van der Waals surface area contributed by atoms with Crippen LogP contribution < -0.4 is 5.43 Å². The number of halogens is 1. The van der Waals surface area contributed by atoms with E-state index in [1.807, 2.05) is 42.5 Å². The summed E-state index contributed by atoms with van der Waals surface area (Å²) >= 11 is 5.87. The molecule has 0 radical (unpaired) electrons. The van der Waals surface area contributed by atoms with Crippen LogP contribution in [0.25, 0.3) is 0 Å². The Balaban J connectivity index is 2.16. The second-order valence-corrected chi connectivity index (χ2v) is 4.18.